The Balaban J connectivity index is 1.70. The van der Waals surface area contributed by atoms with Crippen molar-refractivity contribution in [3.8, 4) is 0 Å². The molecule has 0 saturated carbocycles. The average molecular weight is 334 g/mol. The van der Waals surface area contributed by atoms with E-state index < -0.39 is 0 Å². The molecule has 2 heterocycles. The first-order valence-electron chi connectivity index (χ1n) is 7.82. The van der Waals surface area contributed by atoms with Crippen LogP contribution in [0.1, 0.15) is 34.5 Å². The lowest BCUT2D eigenvalue weighted by Gasteiger charge is -2.10. The van der Waals surface area contributed by atoms with Gasteiger partial charge in [-0.2, -0.15) is 5.10 Å². The summed E-state index contributed by atoms with van der Waals surface area (Å²) >= 11 is 6.38. The Morgan fingerprint density at radius 2 is 2.22 bits per heavy atom. The number of aryl methyl sites for hydroxylation is 1. The number of rotatable bonds is 5. The number of benzene rings is 1. The van der Waals surface area contributed by atoms with Crippen LogP contribution in [-0.4, -0.2) is 34.9 Å². The highest BCUT2D eigenvalue weighted by Crippen LogP contribution is 2.21. The Kier molecular flexibility index (Phi) is 4.98. The molecule has 1 aromatic heterocycles. The van der Waals surface area contributed by atoms with Crippen molar-refractivity contribution >= 4 is 17.5 Å². The lowest BCUT2D eigenvalue weighted by atomic mass is 10.2. The first kappa shape index (κ1) is 16.0. The van der Waals surface area contributed by atoms with Crippen molar-refractivity contribution in [3.63, 3.8) is 0 Å². The third-order valence-corrected chi connectivity index (χ3v) is 4.37. The molecule has 1 atom stereocenters. The normalized spacial score (nSPS) is 17.4. The summed E-state index contributed by atoms with van der Waals surface area (Å²) in [7, 11) is 0. The van der Waals surface area contributed by atoms with E-state index in [1.165, 1.54) is 0 Å². The smallest absolute Gasteiger partial charge is 0.256 e. The van der Waals surface area contributed by atoms with E-state index in [4.69, 9.17) is 16.3 Å². The zero-order valence-electron chi connectivity index (χ0n) is 13.1. The zero-order valence-corrected chi connectivity index (χ0v) is 13.8. The second kappa shape index (κ2) is 7.15. The van der Waals surface area contributed by atoms with Gasteiger partial charge in [-0.3, -0.25) is 4.79 Å². The SMILES string of the molecule is Cc1nn(Cc2ccccc2)c(Cl)c1C(=O)NCC1CCCO1. The molecule has 5 nitrogen and oxygen atoms in total. The number of carbonyl (C=O) groups excluding carboxylic acids is 1. The highest BCUT2D eigenvalue weighted by Gasteiger charge is 2.22. The van der Waals surface area contributed by atoms with Crippen molar-refractivity contribution < 1.29 is 9.53 Å². The highest BCUT2D eigenvalue weighted by molar-refractivity contribution is 6.33. The van der Waals surface area contributed by atoms with E-state index in [1.54, 1.807) is 11.6 Å². The molecule has 0 spiro atoms. The molecule has 1 aliphatic rings. The van der Waals surface area contributed by atoms with Crippen LogP contribution >= 0.6 is 11.6 Å². The molecular formula is C17H20ClN3O2. The van der Waals surface area contributed by atoms with Gasteiger partial charge in [-0.15, -0.1) is 0 Å². The molecule has 1 N–H and O–H groups in total. The minimum Gasteiger partial charge on any atom is -0.376 e. The van der Waals surface area contributed by atoms with Crippen molar-refractivity contribution in [3.05, 3.63) is 52.3 Å². The Labute approximate surface area is 140 Å². The van der Waals surface area contributed by atoms with E-state index >= 15 is 0 Å². The summed E-state index contributed by atoms with van der Waals surface area (Å²) in [5.41, 5.74) is 2.17. The topological polar surface area (TPSA) is 56.2 Å². The average Bonchev–Trinajstić information content (AvgIpc) is 3.15. The van der Waals surface area contributed by atoms with Gasteiger partial charge in [0.15, 0.2) is 0 Å². The van der Waals surface area contributed by atoms with Gasteiger partial charge < -0.3 is 10.1 Å². The van der Waals surface area contributed by atoms with Crippen molar-refractivity contribution in [2.75, 3.05) is 13.2 Å². The van der Waals surface area contributed by atoms with Gasteiger partial charge in [0.25, 0.3) is 5.91 Å². The third kappa shape index (κ3) is 3.74. The van der Waals surface area contributed by atoms with Crippen LogP contribution in [0.5, 0.6) is 0 Å². The summed E-state index contributed by atoms with van der Waals surface area (Å²) in [6, 6.07) is 9.90. The fraction of sp³-hybridized carbons (Fsp3) is 0.412. The Hall–Kier alpha value is -1.85. The van der Waals surface area contributed by atoms with Gasteiger partial charge in [-0.05, 0) is 25.3 Å². The maximum absolute atomic E-state index is 12.4. The first-order valence-corrected chi connectivity index (χ1v) is 8.19. The van der Waals surface area contributed by atoms with Gasteiger partial charge in [0, 0.05) is 13.2 Å². The van der Waals surface area contributed by atoms with Crippen LogP contribution in [0.25, 0.3) is 0 Å². The molecule has 1 aromatic carbocycles. The number of amides is 1. The van der Waals surface area contributed by atoms with Crippen LogP contribution < -0.4 is 5.32 Å². The minimum absolute atomic E-state index is 0.109. The quantitative estimate of drug-likeness (QED) is 0.915. The van der Waals surface area contributed by atoms with Crippen molar-refractivity contribution in [1.82, 2.24) is 15.1 Å². The monoisotopic (exact) mass is 333 g/mol. The van der Waals surface area contributed by atoms with E-state index in [2.05, 4.69) is 10.4 Å². The number of nitrogens with zero attached hydrogens (tertiary/aromatic N) is 2. The number of hydrogen-bond acceptors (Lipinski definition) is 3. The predicted molar refractivity (Wildman–Crippen MR) is 88.8 cm³/mol. The highest BCUT2D eigenvalue weighted by atomic mass is 35.5. The maximum atomic E-state index is 12.4. The summed E-state index contributed by atoms with van der Waals surface area (Å²) < 4.78 is 7.18. The molecule has 1 fully saturated rings. The second-order valence-electron chi connectivity index (χ2n) is 5.74. The molecule has 6 heteroatoms. The molecule has 1 unspecified atom stereocenters. The molecule has 0 bridgehead atoms. The van der Waals surface area contributed by atoms with Gasteiger partial charge in [0.2, 0.25) is 0 Å². The molecule has 23 heavy (non-hydrogen) atoms. The lowest BCUT2D eigenvalue weighted by molar-refractivity contribution is 0.0857. The Bertz CT molecular complexity index is 679. The lowest BCUT2D eigenvalue weighted by Crippen LogP contribution is -2.32. The number of halogens is 1. The fourth-order valence-corrected chi connectivity index (χ4v) is 3.09. The number of hydrogen-bond donors (Lipinski definition) is 1. The summed E-state index contributed by atoms with van der Waals surface area (Å²) in [6.45, 7) is 3.63. The molecular weight excluding hydrogens is 314 g/mol. The molecule has 1 amide bonds. The van der Waals surface area contributed by atoms with Gasteiger partial charge >= 0.3 is 0 Å². The fourth-order valence-electron chi connectivity index (χ4n) is 2.77. The van der Waals surface area contributed by atoms with Gasteiger partial charge in [-0.25, -0.2) is 4.68 Å². The van der Waals surface area contributed by atoms with Crippen molar-refractivity contribution in [2.24, 2.45) is 0 Å². The predicted octanol–water partition coefficient (Wildman–Crippen LogP) is 2.80. The van der Waals surface area contributed by atoms with Gasteiger partial charge in [0.05, 0.1) is 23.9 Å². The van der Waals surface area contributed by atoms with E-state index in [0.29, 0.717) is 29.5 Å². The van der Waals surface area contributed by atoms with Crippen molar-refractivity contribution in [2.45, 2.75) is 32.4 Å². The summed E-state index contributed by atoms with van der Waals surface area (Å²) in [5.74, 6) is -0.192. The van der Waals surface area contributed by atoms with E-state index in [1.807, 2.05) is 30.3 Å². The Morgan fingerprint density at radius 3 is 2.91 bits per heavy atom. The van der Waals surface area contributed by atoms with E-state index in [9.17, 15) is 4.79 Å². The standard InChI is InChI=1S/C17H20ClN3O2/c1-12-15(17(22)19-10-14-8-5-9-23-14)16(18)21(20-12)11-13-6-3-2-4-7-13/h2-4,6-7,14H,5,8-11H2,1H3,(H,19,22). The molecule has 1 saturated heterocycles. The Morgan fingerprint density at radius 1 is 1.43 bits per heavy atom. The third-order valence-electron chi connectivity index (χ3n) is 3.98. The molecule has 1 aliphatic heterocycles. The van der Waals surface area contributed by atoms with E-state index in [-0.39, 0.29) is 12.0 Å². The van der Waals surface area contributed by atoms with Gasteiger partial charge in [0.1, 0.15) is 5.15 Å². The first-order chi connectivity index (χ1) is 11.1. The summed E-state index contributed by atoms with van der Waals surface area (Å²) in [4.78, 5) is 12.4. The van der Waals surface area contributed by atoms with Crippen LogP contribution in [0.4, 0.5) is 0 Å². The van der Waals surface area contributed by atoms with E-state index in [0.717, 1.165) is 25.0 Å². The van der Waals surface area contributed by atoms with Crippen molar-refractivity contribution in [1.29, 1.82) is 0 Å². The molecule has 2 aromatic rings. The number of ether oxygens (including phenoxy) is 1. The molecule has 0 radical (unpaired) electrons. The van der Waals surface area contributed by atoms with Crippen LogP contribution in [0.15, 0.2) is 30.3 Å². The number of aromatic nitrogens is 2. The van der Waals surface area contributed by atoms with Gasteiger partial charge in [-0.1, -0.05) is 41.9 Å². The van der Waals surface area contributed by atoms with Crippen LogP contribution in [0.2, 0.25) is 5.15 Å². The van der Waals surface area contributed by atoms with Crippen LogP contribution in [0.3, 0.4) is 0 Å². The molecule has 3 rings (SSSR count). The second-order valence-corrected chi connectivity index (χ2v) is 6.10. The van der Waals surface area contributed by atoms with Crippen LogP contribution in [0, 0.1) is 6.92 Å². The largest absolute Gasteiger partial charge is 0.376 e. The summed E-state index contributed by atoms with van der Waals surface area (Å²) in [5, 5.41) is 7.67. The van der Waals surface area contributed by atoms with Crippen LogP contribution in [-0.2, 0) is 11.3 Å². The number of carbonyl (C=O) groups is 1. The maximum Gasteiger partial charge on any atom is 0.256 e. The number of nitrogens with one attached hydrogen (secondary N) is 1. The summed E-state index contributed by atoms with van der Waals surface area (Å²) in [6.07, 6.45) is 2.15. The zero-order chi connectivity index (χ0) is 16.2. The minimum atomic E-state index is -0.192. The molecule has 122 valence electrons. The molecule has 0 aliphatic carbocycles.